The van der Waals surface area contributed by atoms with Gasteiger partial charge < -0.3 is 39.1 Å². The van der Waals surface area contributed by atoms with Crippen molar-refractivity contribution in [2.75, 3.05) is 0 Å². The van der Waals surface area contributed by atoms with Crippen molar-refractivity contribution in [3.05, 3.63) is 364 Å². The Morgan fingerprint density at radius 2 is 0.220 bits per heavy atom. The van der Waals surface area contributed by atoms with E-state index in [0.29, 0.717) is 0 Å². The monoisotopic (exact) mass is 1510 g/mol. The molecule has 9 nitrogen and oxygen atoms in total. The predicted octanol–water partition coefficient (Wildman–Crippen LogP) is 10.1. The van der Waals surface area contributed by atoms with E-state index in [-0.39, 0.29) is 17.1 Å². The van der Waals surface area contributed by atoms with Gasteiger partial charge in [-0.1, -0.05) is 364 Å². The molecule has 0 bridgehead atoms. The number of rotatable bonds is 24. The first-order chi connectivity index (χ1) is 47.5. The summed E-state index contributed by atoms with van der Waals surface area (Å²) in [5, 5.41) is 13.3. The normalized spacial score (nSPS) is 12.4. The Balaban J connectivity index is 0.000000174. The smallest absolute Gasteiger partial charge is 0.408 e. The van der Waals surface area contributed by atoms with Crippen LogP contribution in [0.4, 0.5) is 0 Å². The molecule has 3 N–H and O–H groups in total. The van der Waals surface area contributed by atoms with E-state index in [1.807, 2.05) is 218 Å². The maximum absolute atomic E-state index is 11.8. The Kier molecular flexibility index (Phi) is 26.3. The minimum Gasteiger partial charge on any atom is -0.408 e. The van der Waals surface area contributed by atoms with Gasteiger partial charge in [-0.2, -0.15) is 0 Å². The molecule has 12 rings (SSSR count). The summed E-state index contributed by atoms with van der Waals surface area (Å²) < 4.78 is 40.7. The molecule has 0 fully saturated rings. The summed E-state index contributed by atoms with van der Waals surface area (Å²) >= 11 is 0. The molecular weight excluding hydrogens is 1430 g/mol. The van der Waals surface area contributed by atoms with Gasteiger partial charge in [0.1, 0.15) is 0 Å². The fourth-order valence-corrected chi connectivity index (χ4v) is 50.5. The first-order valence-corrected chi connectivity index (χ1v) is 54.8. The minimum atomic E-state index is -3.58. The number of hydrogen-bond donors (Lipinski definition) is 3. The molecule has 12 aromatic rings. The summed E-state index contributed by atoms with van der Waals surface area (Å²) in [7, 11) is -27.1. The molecule has 0 heterocycles. The Hall–Kier alpha value is -7.25. The second-order valence-electron chi connectivity index (χ2n) is 25.9. The second-order valence-corrected chi connectivity index (χ2v) is 55.5. The molecule has 512 valence electrons. The van der Waals surface area contributed by atoms with E-state index >= 15 is 0 Å². The van der Waals surface area contributed by atoms with Crippen LogP contribution in [0.25, 0.3) is 0 Å². The Labute approximate surface area is 612 Å². The summed E-state index contributed by atoms with van der Waals surface area (Å²) in [5.41, 5.74) is 0. The van der Waals surface area contributed by atoms with Gasteiger partial charge in [0.15, 0.2) is 0 Å². The van der Waals surface area contributed by atoms with Crippen LogP contribution in [-0.2, 0) is 41.8 Å². The van der Waals surface area contributed by atoms with Crippen molar-refractivity contribution < 1.29 is 56.1 Å². The van der Waals surface area contributed by atoms with Gasteiger partial charge in [-0.05, 0) is 102 Å². The van der Waals surface area contributed by atoms with Crippen LogP contribution < -0.4 is 62.2 Å². The van der Waals surface area contributed by atoms with Gasteiger partial charge in [0.05, 0.1) is 0 Å². The molecule has 0 saturated carbocycles. The summed E-state index contributed by atoms with van der Waals surface area (Å²) in [6, 6.07) is 123. The van der Waals surface area contributed by atoms with Gasteiger partial charge in [0.25, 0.3) is 0 Å². The average Bonchev–Trinajstić information content (AvgIpc) is 0.774. The van der Waals surface area contributed by atoms with Crippen molar-refractivity contribution in [3.63, 3.8) is 0 Å². The van der Waals surface area contributed by atoms with E-state index in [2.05, 4.69) is 185 Å². The molecule has 0 spiro atoms. The predicted molar refractivity (Wildman–Crippen MR) is 431 cm³/mol. The van der Waals surface area contributed by atoms with Gasteiger partial charge in [-0.3, -0.25) is 0 Å². The number of hydrogen-bond acceptors (Lipinski definition) is 9. The van der Waals surface area contributed by atoms with Crippen LogP contribution in [-0.4, -0.2) is 90.7 Å². The quantitative estimate of drug-likeness (QED) is 0.0509. The van der Waals surface area contributed by atoms with E-state index < -0.39 is 76.3 Å². The van der Waals surface area contributed by atoms with Crippen molar-refractivity contribution in [1.82, 2.24) is 0 Å². The maximum Gasteiger partial charge on any atom is 0.474 e. The summed E-state index contributed by atoms with van der Waals surface area (Å²) in [4.78, 5) is 35.4. The standard InChI is InChI=1S/3C27H30O3Si3.Fe/c3*1-31(24-16-8-4-9-17-24,25-18-10-5-11-19-25)29-33(3,28)30-32(2,26-20-12-6-13-21-26)27-22-14-7-15-23-27;/h3*4-23,28H,1-3H3;. The zero-order chi connectivity index (χ0) is 70.1. The molecule has 0 atom stereocenters. The van der Waals surface area contributed by atoms with Crippen molar-refractivity contribution in [1.29, 1.82) is 0 Å². The van der Waals surface area contributed by atoms with Gasteiger partial charge in [-0.15, -0.1) is 0 Å². The SMILES string of the molecule is C[Si](O)(O[Si](C)(c1ccccc1)c1ccccc1)O[Si](C)(c1ccccc1)c1ccccc1.C[Si](O)(O[Si](C)(c1ccccc1)c1ccccc1)O[Si](C)(c1ccccc1)c1ccccc1.C[Si](O)(O[Si](C)(c1ccccc1)c1ccccc1)O[Si](C)(c1ccccc1)c1ccccc1.[Fe]. The molecule has 12 aromatic carbocycles. The van der Waals surface area contributed by atoms with E-state index in [9.17, 15) is 14.4 Å². The van der Waals surface area contributed by atoms with Crippen LogP contribution in [0.2, 0.25) is 58.9 Å². The van der Waals surface area contributed by atoms with E-state index in [1.54, 1.807) is 19.6 Å². The molecule has 0 unspecified atom stereocenters. The van der Waals surface area contributed by atoms with Crippen LogP contribution in [0.15, 0.2) is 364 Å². The first-order valence-electron chi connectivity index (χ1n) is 33.5. The molecule has 0 amide bonds. The van der Waals surface area contributed by atoms with Gasteiger partial charge in [0, 0.05) is 36.7 Å². The Morgan fingerprint density at radius 1 is 0.150 bits per heavy atom. The fraction of sp³-hybridized carbons (Fsp3) is 0.111. The van der Waals surface area contributed by atoms with Crippen molar-refractivity contribution in [2.24, 2.45) is 0 Å². The van der Waals surface area contributed by atoms with Crippen LogP contribution in [0.5, 0.6) is 0 Å². The van der Waals surface area contributed by atoms with Crippen LogP contribution in [0.1, 0.15) is 0 Å². The molecule has 0 aliphatic heterocycles. The van der Waals surface area contributed by atoms with Crippen LogP contribution in [0, 0.1) is 0 Å². The Morgan fingerprint density at radius 3 is 0.290 bits per heavy atom. The summed E-state index contributed by atoms with van der Waals surface area (Å²) in [6.07, 6.45) is 0. The fourth-order valence-electron chi connectivity index (χ4n) is 13.1. The second kappa shape index (κ2) is 34.2. The zero-order valence-electron chi connectivity index (χ0n) is 58.3. The minimum absolute atomic E-state index is 0. The van der Waals surface area contributed by atoms with Crippen molar-refractivity contribution in [3.8, 4) is 0 Å². The molecule has 0 aliphatic carbocycles. The van der Waals surface area contributed by atoms with Crippen molar-refractivity contribution in [2.45, 2.75) is 58.9 Å². The molecule has 0 aromatic heterocycles. The van der Waals surface area contributed by atoms with Gasteiger partial charge >= 0.3 is 26.4 Å². The zero-order valence-corrected chi connectivity index (χ0v) is 68.4. The molecule has 0 aliphatic rings. The molecule has 19 heteroatoms. The average molecular weight is 1520 g/mol. The summed E-state index contributed by atoms with van der Waals surface area (Å²) in [5.74, 6) is 0. The van der Waals surface area contributed by atoms with Crippen LogP contribution in [0.3, 0.4) is 0 Å². The van der Waals surface area contributed by atoms with Gasteiger partial charge in [-0.25, -0.2) is 0 Å². The molecule has 0 radical (unpaired) electrons. The van der Waals surface area contributed by atoms with Gasteiger partial charge in [0.2, 0.25) is 49.9 Å². The van der Waals surface area contributed by atoms with Crippen LogP contribution >= 0.6 is 0 Å². The molecule has 100 heavy (non-hydrogen) atoms. The topological polar surface area (TPSA) is 116 Å². The third kappa shape index (κ3) is 18.9. The Bertz CT molecular complexity index is 3410. The van der Waals surface area contributed by atoms with E-state index in [1.165, 1.54) is 0 Å². The molecular formula is C81H90FeO9Si9. The summed E-state index contributed by atoms with van der Waals surface area (Å²) in [6.45, 7) is 18.2. The third-order valence-electron chi connectivity index (χ3n) is 18.3. The number of benzene rings is 12. The van der Waals surface area contributed by atoms with E-state index in [4.69, 9.17) is 24.7 Å². The van der Waals surface area contributed by atoms with Crippen molar-refractivity contribution >= 4 is 139 Å². The maximum atomic E-state index is 11.8. The largest absolute Gasteiger partial charge is 0.474 e. The van der Waals surface area contributed by atoms with E-state index in [0.717, 1.165) is 62.2 Å². The first kappa shape index (κ1) is 76.9. The molecule has 0 saturated heterocycles. The third-order valence-corrected chi connectivity index (χ3v) is 54.4.